The van der Waals surface area contributed by atoms with Crippen LogP contribution >= 0.6 is 11.3 Å². The highest BCUT2D eigenvalue weighted by Gasteiger charge is 2.29. The van der Waals surface area contributed by atoms with E-state index in [4.69, 9.17) is 0 Å². The first kappa shape index (κ1) is 17.1. The van der Waals surface area contributed by atoms with Crippen molar-refractivity contribution in [1.29, 1.82) is 0 Å². The van der Waals surface area contributed by atoms with Crippen molar-refractivity contribution < 1.29 is 4.79 Å². The lowest BCUT2D eigenvalue weighted by atomic mass is 10.1. The zero-order valence-corrected chi connectivity index (χ0v) is 16.5. The highest BCUT2D eigenvalue weighted by molar-refractivity contribution is 7.12. The molecular weight excluding hydrogens is 372 g/mol. The minimum absolute atomic E-state index is 0.000975. The smallest absolute Gasteiger partial charge is 0.261 e. The molecule has 1 atom stereocenters. The second-order valence-electron chi connectivity index (χ2n) is 7.37. The average Bonchev–Trinajstić information content (AvgIpc) is 3.08. The molecule has 1 fully saturated rings. The quantitative estimate of drug-likeness (QED) is 0.565. The monoisotopic (exact) mass is 392 g/mol. The van der Waals surface area contributed by atoms with Gasteiger partial charge >= 0.3 is 0 Å². The molecule has 4 aromatic rings. The standard InChI is InChI=1S/C20H20N6OS/c1-12(13-3-4-13)24-20(27)18-5-14(11-28-18)17-8-23-26-10-15(6-21-19(17)26)16-7-22-25(2)9-16/h5-13H,3-4H2,1-2H3,(H,24,27). The van der Waals surface area contributed by atoms with E-state index in [0.717, 1.165) is 27.9 Å². The molecule has 0 spiro atoms. The summed E-state index contributed by atoms with van der Waals surface area (Å²) in [6, 6.07) is 2.16. The first-order chi connectivity index (χ1) is 13.6. The predicted octanol–water partition coefficient (Wildman–Crippen LogP) is 3.39. The minimum Gasteiger partial charge on any atom is -0.349 e. The number of nitrogens with zero attached hydrogens (tertiary/aromatic N) is 5. The van der Waals surface area contributed by atoms with Crippen molar-refractivity contribution in [2.24, 2.45) is 13.0 Å². The molecule has 0 aliphatic heterocycles. The molecule has 8 heteroatoms. The van der Waals surface area contributed by atoms with Crippen LogP contribution in [0.2, 0.25) is 0 Å². The van der Waals surface area contributed by atoms with Gasteiger partial charge in [0.25, 0.3) is 5.91 Å². The van der Waals surface area contributed by atoms with Crippen molar-refractivity contribution in [1.82, 2.24) is 29.7 Å². The number of thiophene rings is 1. The fourth-order valence-corrected chi connectivity index (χ4v) is 4.20. The third-order valence-electron chi connectivity index (χ3n) is 5.22. The topological polar surface area (TPSA) is 77.1 Å². The van der Waals surface area contributed by atoms with Gasteiger partial charge in [0.05, 0.1) is 17.3 Å². The van der Waals surface area contributed by atoms with Gasteiger partial charge < -0.3 is 5.32 Å². The van der Waals surface area contributed by atoms with Gasteiger partial charge in [-0.2, -0.15) is 10.2 Å². The first-order valence-electron chi connectivity index (χ1n) is 9.30. The average molecular weight is 392 g/mol. The molecule has 1 aliphatic carbocycles. The van der Waals surface area contributed by atoms with E-state index in [1.54, 1.807) is 21.6 Å². The summed E-state index contributed by atoms with van der Waals surface area (Å²) in [6.45, 7) is 2.08. The summed E-state index contributed by atoms with van der Waals surface area (Å²) in [5.74, 6) is 0.639. The Labute approximate surface area is 166 Å². The lowest BCUT2D eigenvalue weighted by Gasteiger charge is -2.11. The Kier molecular flexibility index (Phi) is 4.01. The van der Waals surface area contributed by atoms with E-state index in [1.165, 1.54) is 24.2 Å². The number of carbonyl (C=O) groups excluding carboxylic acids is 1. The van der Waals surface area contributed by atoms with Gasteiger partial charge in [0.1, 0.15) is 0 Å². The van der Waals surface area contributed by atoms with E-state index in [2.05, 4.69) is 27.4 Å². The molecule has 1 unspecified atom stereocenters. The molecular formula is C20H20N6OS. The van der Waals surface area contributed by atoms with Crippen molar-refractivity contribution in [3.05, 3.63) is 47.3 Å². The molecule has 0 aromatic carbocycles. The SMILES string of the molecule is CC(NC(=O)c1cc(-c2cnn3cc(-c4cnn(C)c4)cnc23)cs1)C1CC1. The number of amides is 1. The Morgan fingerprint density at radius 2 is 2.00 bits per heavy atom. The van der Waals surface area contributed by atoms with Crippen LogP contribution < -0.4 is 5.32 Å². The van der Waals surface area contributed by atoms with Crippen molar-refractivity contribution in [3.8, 4) is 22.3 Å². The van der Waals surface area contributed by atoms with Crippen LogP contribution in [0.3, 0.4) is 0 Å². The summed E-state index contributed by atoms with van der Waals surface area (Å²) < 4.78 is 3.53. The minimum atomic E-state index is -0.000975. The maximum atomic E-state index is 12.5. The fraction of sp³-hybridized carbons (Fsp3) is 0.300. The molecule has 1 saturated carbocycles. The van der Waals surface area contributed by atoms with Crippen LogP contribution in [-0.4, -0.2) is 36.3 Å². The highest BCUT2D eigenvalue weighted by atomic mass is 32.1. The third kappa shape index (κ3) is 3.09. The molecule has 7 nitrogen and oxygen atoms in total. The number of fused-ring (bicyclic) bond motifs is 1. The number of aromatic nitrogens is 5. The van der Waals surface area contributed by atoms with Gasteiger partial charge in [0.15, 0.2) is 5.65 Å². The van der Waals surface area contributed by atoms with E-state index in [0.29, 0.717) is 10.8 Å². The van der Waals surface area contributed by atoms with Crippen LogP contribution in [0.15, 0.2) is 42.4 Å². The maximum Gasteiger partial charge on any atom is 0.261 e. The summed E-state index contributed by atoms with van der Waals surface area (Å²) in [4.78, 5) is 17.8. The summed E-state index contributed by atoms with van der Waals surface area (Å²) in [5, 5.41) is 13.8. The van der Waals surface area contributed by atoms with Crippen LogP contribution in [0.1, 0.15) is 29.4 Å². The molecule has 4 heterocycles. The zero-order chi connectivity index (χ0) is 19.3. The summed E-state index contributed by atoms with van der Waals surface area (Å²) in [5.41, 5.74) is 4.60. The number of aryl methyl sites for hydroxylation is 1. The number of hydrogen-bond donors (Lipinski definition) is 1. The Balaban J connectivity index is 1.42. The van der Waals surface area contributed by atoms with Crippen LogP contribution in [0.25, 0.3) is 27.9 Å². The van der Waals surface area contributed by atoms with Crippen molar-refractivity contribution >= 4 is 22.9 Å². The largest absolute Gasteiger partial charge is 0.349 e. The fourth-order valence-electron chi connectivity index (χ4n) is 3.39. The van der Waals surface area contributed by atoms with Gasteiger partial charge in [-0.25, -0.2) is 9.50 Å². The molecule has 5 rings (SSSR count). The number of rotatable bonds is 5. The maximum absolute atomic E-state index is 12.5. The first-order valence-corrected chi connectivity index (χ1v) is 10.2. The molecule has 142 valence electrons. The Morgan fingerprint density at radius 3 is 2.75 bits per heavy atom. The molecule has 28 heavy (non-hydrogen) atoms. The summed E-state index contributed by atoms with van der Waals surface area (Å²) in [6.07, 6.45) is 11.7. The van der Waals surface area contributed by atoms with Gasteiger partial charge in [-0.3, -0.25) is 9.48 Å². The normalized spacial score (nSPS) is 15.1. The highest BCUT2D eigenvalue weighted by Crippen LogP contribution is 2.33. The van der Waals surface area contributed by atoms with E-state index in [9.17, 15) is 4.79 Å². The number of carbonyl (C=O) groups is 1. The molecule has 1 N–H and O–H groups in total. The second-order valence-corrected chi connectivity index (χ2v) is 8.28. The van der Waals surface area contributed by atoms with Crippen LogP contribution in [0.5, 0.6) is 0 Å². The number of hydrogen-bond acceptors (Lipinski definition) is 5. The molecule has 1 aliphatic rings. The zero-order valence-electron chi connectivity index (χ0n) is 15.7. The molecule has 0 bridgehead atoms. The Hall–Kier alpha value is -3.00. The second kappa shape index (κ2) is 6.56. The van der Waals surface area contributed by atoms with Crippen LogP contribution in [0, 0.1) is 5.92 Å². The lowest BCUT2D eigenvalue weighted by Crippen LogP contribution is -2.33. The van der Waals surface area contributed by atoms with Crippen LogP contribution in [-0.2, 0) is 7.05 Å². The van der Waals surface area contributed by atoms with E-state index < -0.39 is 0 Å². The third-order valence-corrected chi connectivity index (χ3v) is 6.15. The van der Waals surface area contributed by atoms with E-state index in [1.807, 2.05) is 37.1 Å². The predicted molar refractivity (Wildman–Crippen MR) is 108 cm³/mol. The lowest BCUT2D eigenvalue weighted by molar-refractivity contribution is 0.0940. The van der Waals surface area contributed by atoms with Gasteiger partial charge in [0, 0.05) is 48.4 Å². The number of nitrogens with one attached hydrogen (secondary N) is 1. The van der Waals surface area contributed by atoms with Gasteiger partial charge in [-0.05, 0) is 42.7 Å². The molecule has 4 aromatic heterocycles. The molecule has 1 amide bonds. The van der Waals surface area contributed by atoms with E-state index in [-0.39, 0.29) is 11.9 Å². The van der Waals surface area contributed by atoms with Crippen molar-refractivity contribution in [3.63, 3.8) is 0 Å². The van der Waals surface area contributed by atoms with Gasteiger partial charge in [-0.1, -0.05) is 0 Å². The molecule has 0 radical (unpaired) electrons. The van der Waals surface area contributed by atoms with Gasteiger partial charge in [0.2, 0.25) is 0 Å². The Morgan fingerprint density at radius 1 is 1.18 bits per heavy atom. The van der Waals surface area contributed by atoms with Gasteiger partial charge in [-0.15, -0.1) is 11.3 Å². The van der Waals surface area contributed by atoms with E-state index >= 15 is 0 Å². The van der Waals surface area contributed by atoms with Crippen LogP contribution in [0.4, 0.5) is 0 Å². The summed E-state index contributed by atoms with van der Waals surface area (Å²) in [7, 11) is 1.89. The van der Waals surface area contributed by atoms with Crippen molar-refractivity contribution in [2.75, 3.05) is 0 Å². The Bertz CT molecular complexity index is 1170. The molecule has 0 saturated heterocycles. The summed E-state index contributed by atoms with van der Waals surface area (Å²) >= 11 is 1.45. The van der Waals surface area contributed by atoms with Crippen molar-refractivity contribution in [2.45, 2.75) is 25.8 Å².